The van der Waals surface area contributed by atoms with Crippen molar-refractivity contribution in [1.82, 2.24) is 25.4 Å². The minimum absolute atomic E-state index is 0.337. The summed E-state index contributed by atoms with van der Waals surface area (Å²) in [6.45, 7) is 7.06. The molecule has 0 saturated heterocycles. The van der Waals surface area contributed by atoms with E-state index >= 15 is 0 Å². The maximum atomic E-state index is 12.3. The van der Waals surface area contributed by atoms with Crippen LogP contribution in [0.3, 0.4) is 0 Å². The quantitative estimate of drug-likeness (QED) is 0.355. The van der Waals surface area contributed by atoms with Crippen LogP contribution in [0.25, 0.3) is 11.3 Å². The minimum atomic E-state index is -0.337. The topological polar surface area (TPSA) is 88.0 Å². The highest BCUT2D eigenvalue weighted by atomic mass is 16.2. The second-order valence-electron chi connectivity index (χ2n) is 6.75. The molecule has 2 heterocycles. The van der Waals surface area contributed by atoms with E-state index < -0.39 is 0 Å². The third-order valence-electron chi connectivity index (χ3n) is 4.66. The van der Waals surface area contributed by atoms with Crippen LogP contribution in [0.5, 0.6) is 0 Å². The summed E-state index contributed by atoms with van der Waals surface area (Å²) in [5.41, 5.74) is 7.47. The number of rotatable bonds is 8. The lowest BCUT2D eigenvalue weighted by molar-refractivity contribution is 0.0950. The molecule has 0 atom stereocenters. The van der Waals surface area contributed by atoms with Gasteiger partial charge in [0.1, 0.15) is 5.69 Å². The van der Waals surface area contributed by atoms with Crippen molar-refractivity contribution in [3.05, 3.63) is 59.0 Å². The van der Waals surface area contributed by atoms with Gasteiger partial charge in [-0.2, -0.15) is 15.3 Å². The highest BCUT2D eigenvalue weighted by Crippen LogP contribution is 2.17. The first-order valence-electron chi connectivity index (χ1n) is 9.58. The summed E-state index contributed by atoms with van der Waals surface area (Å²) in [6, 6.07) is 11.4. The Morgan fingerprint density at radius 1 is 1.25 bits per heavy atom. The monoisotopic (exact) mass is 378 g/mol. The van der Waals surface area contributed by atoms with Crippen molar-refractivity contribution in [3.63, 3.8) is 0 Å². The van der Waals surface area contributed by atoms with E-state index in [9.17, 15) is 4.79 Å². The van der Waals surface area contributed by atoms with Crippen LogP contribution in [0.4, 0.5) is 0 Å². The van der Waals surface area contributed by atoms with Crippen molar-refractivity contribution in [3.8, 4) is 11.3 Å². The molecule has 146 valence electrons. The molecular formula is C21H26N6O. The summed E-state index contributed by atoms with van der Waals surface area (Å²) in [5, 5.41) is 15.6. The van der Waals surface area contributed by atoms with Crippen molar-refractivity contribution >= 4 is 12.1 Å². The molecule has 7 heteroatoms. The van der Waals surface area contributed by atoms with E-state index in [0.29, 0.717) is 5.69 Å². The average molecular weight is 378 g/mol. The van der Waals surface area contributed by atoms with Crippen LogP contribution in [0.1, 0.15) is 53.6 Å². The maximum absolute atomic E-state index is 12.3. The van der Waals surface area contributed by atoms with Gasteiger partial charge in [0, 0.05) is 23.4 Å². The largest absolute Gasteiger partial charge is 0.289 e. The number of hydrogen-bond donors (Lipinski definition) is 2. The molecule has 2 N–H and O–H groups in total. The molecule has 0 spiro atoms. The Balaban J connectivity index is 1.63. The van der Waals surface area contributed by atoms with E-state index in [-0.39, 0.29) is 5.91 Å². The summed E-state index contributed by atoms with van der Waals surface area (Å²) in [4.78, 5) is 12.3. The van der Waals surface area contributed by atoms with Crippen LogP contribution in [-0.4, -0.2) is 32.1 Å². The van der Waals surface area contributed by atoms with E-state index in [4.69, 9.17) is 0 Å². The second-order valence-corrected chi connectivity index (χ2v) is 6.75. The number of carbonyl (C=O) groups is 1. The van der Waals surface area contributed by atoms with E-state index in [2.05, 4.69) is 32.7 Å². The maximum Gasteiger partial charge on any atom is 0.289 e. The first kappa shape index (κ1) is 19.5. The van der Waals surface area contributed by atoms with Gasteiger partial charge in [0.25, 0.3) is 5.91 Å². The molecule has 0 unspecified atom stereocenters. The molecule has 1 aromatic carbocycles. The van der Waals surface area contributed by atoms with E-state index in [1.54, 1.807) is 12.3 Å². The normalized spacial score (nSPS) is 11.2. The third kappa shape index (κ3) is 4.54. The molecule has 0 aliphatic heterocycles. The fraction of sp³-hybridized carbons (Fsp3) is 0.333. The lowest BCUT2D eigenvalue weighted by atomic mass is 10.1. The Hall–Kier alpha value is -3.22. The van der Waals surface area contributed by atoms with Gasteiger partial charge in [-0.05, 0) is 26.3 Å². The predicted octanol–water partition coefficient (Wildman–Crippen LogP) is 3.84. The van der Waals surface area contributed by atoms with Crippen molar-refractivity contribution in [2.75, 3.05) is 0 Å². The lowest BCUT2D eigenvalue weighted by Crippen LogP contribution is -2.18. The fourth-order valence-corrected chi connectivity index (χ4v) is 3.04. The number of nitrogens with one attached hydrogen (secondary N) is 2. The van der Waals surface area contributed by atoms with Crippen LogP contribution >= 0.6 is 0 Å². The van der Waals surface area contributed by atoms with Crippen LogP contribution in [0.15, 0.2) is 41.5 Å². The van der Waals surface area contributed by atoms with Crippen molar-refractivity contribution < 1.29 is 4.79 Å². The molecule has 0 radical (unpaired) electrons. The van der Waals surface area contributed by atoms with Crippen LogP contribution in [0, 0.1) is 13.8 Å². The Morgan fingerprint density at radius 2 is 2.04 bits per heavy atom. The van der Waals surface area contributed by atoms with Gasteiger partial charge in [0.15, 0.2) is 0 Å². The number of carbonyl (C=O) groups excluding carboxylic acids is 1. The van der Waals surface area contributed by atoms with Crippen molar-refractivity contribution in [1.29, 1.82) is 0 Å². The number of aromatic nitrogens is 4. The number of hydrogen-bond acceptors (Lipinski definition) is 4. The van der Waals surface area contributed by atoms with Crippen molar-refractivity contribution in [2.45, 2.75) is 46.6 Å². The molecule has 0 bridgehead atoms. The van der Waals surface area contributed by atoms with Crippen molar-refractivity contribution in [2.24, 2.45) is 5.10 Å². The van der Waals surface area contributed by atoms with Gasteiger partial charge in [-0.1, -0.05) is 50.1 Å². The van der Waals surface area contributed by atoms with E-state index in [1.807, 2.05) is 48.9 Å². The average Bonchev–Trinajstić information content (AvgIpc) is 3.30. The number of aryl methyl sites for hydroxylation is 2. The van der Waals surface area contributed by atoms with Gasteiger partial charge >= 0.3 is 0 Å². The summed E-state index contributed by atoms with van der Waals surface area (Å²) in [7, 11) is 0. The summed E-state index contributed by atoms with van der Waals surface area (Å²) < 4.78 is 2.01. The molecule has 28 heavy (non-hydrogen) atoms. The Morgan fingerprint density at radius 3 is 2.79 bits per heavy atom. The summed E-state index contributed by atoms with van der Waals surface area (Å²) in [6.07, 6.45) is 5.13. The Bertz CT molecular complexity index is 955. The van der Waals surface area contributed by atoms with Crippen LogP contribution < -0.4 is 5.43 Å². The summed E-state index contributed by atoms with van der Waals surface area (Å²) >= 11 is 0. The number of benzene rings is 1. The molecule has 0 aliphatic carbocycles. The van der Waals surface area contributed by atoms with E-state index in [1.165, 1.54) is 12.8 Å². The van der Waals surface area contributed by atoms with Gasteiger partial charge in [-0.15, -0.1) is 0 Å². The van der Waals surface area contributed by atoms with Gasteiger partial charge < -0.3 is 0 Å². The zero-order valence-corrected chi connectivity index (χ0v) is 16.6. The fourth-order valence-electron chi connectivity index (χ4n) is 3.04. The minimum Gasteiger partial charge on any atom is -0.272 e. The first-order chi connectivity index (χ1) is 13.6. The summed E-state index contributed by atoms with van der Waals surface area (Å²) in [5.74, 6) is -0.337. The Labute approximate surface area is 164 Å². The van der Waals surface area contributed by atoms with Crippen LogP contribution in [-0.2, 0) is 6.54 Å². The number of nitrogens with zero attached hydrogens (tertiary/aromatic N) is 4. The van der Waals surface area contributed by atoms with E-state index in [0.717, 1.165) is 41.2 Å². The molecule has 0 fully saturated rings. The second kappa shape index (κ2) is 9.12. The van der Waals surface area contributed by atoms with Crippen LogP contribution in [0.2, 0.25) is 0 Å². The van der Waals surface area contributed by atoms with Gasteiger partial charge in [-0.3, -0.25) is 14.6 Å². The van der Waals surface area contributed by atoms with Gasteiger partial charge in [-0.25, -0.2) is 5.43 Å². The zero-order valence-electron chi connectivity index (χ0n) is 16.6. The lowest BCUT2D eigenvalue weighted by Gasteiger charge is -2.03. The van der Waals surface area contributed by atoms with Gasteiger partial charge in [0.2, 0.25) is 0 Å². The smallest absolute Gasteiger partial charge is 0.272 e. The number of H-pyrrole nitrogens is 1. The number of aromatic amines is 1. The molecular weight excluding hydrogens is 352 g/mol. The predicted molar refractivity (Wildman–Crippen MR) is 110 cm³/mol. The zero-order chi connectivity index (χ0) is 19.9. The Kier molecular flexibility index (Phi) is 6.37. The molecule has 0 aliphatic rings. The molecule has 1 amide bonds. The third-order valence-corrected chi connectivity index (χ3v) is 4.66. The number of amides is 1. The molecule has 3 aromatic rings. The standard InChI is InChI=1S/C21H26N6O/c1-4-5-9-12-27-16(3)18(15(2)26-27)14-22-25-21(28)20-13-19(23-24-20)17-10-7-6-8-11-17/h6-8,10-11,13-14H,4-5,9,12H2,1-3H3,(H,23,24)(H,25,28). The molecule has 2 aromatic heterocycles. The highest BCUT2D eigenvalue weighted by Gasteiger charge is 2.12. The molecule has 3 rings (SSSR count). The highest BCUT2D eigenvalue weighted by molar-refractivity contribution is 5.94. The molecule has 7 nitrogen and oxygen atoms in total. The number of hydrazone groups is 1. The SMILES string of the molecule is CCCCCn1nc(C)c(C=NNC(=O)c2cc(-c3ccccc3)n[nH]2)c1C. The molecule has 0 saturated carbocycles. The first-order valence-corrected chi connectivity index (χ1v) is 9.58. The number of unbranched alkanes of at least 4 members (excludes halogenated alkanes) is 2. The van der Waals surface area contributed by atoms with Gasteiger partial charge in [0.05, 0.1) is 17.6 Å².